The van der Waals surface area contributed by atoms with Crippen LogP contribution >= 0.6 is 22.9 Å². The van der Waals surface area contributed by atoms with Crippen LogP contribution in [0.3, 0.4) is 0 Å². The number of rotatable bonds is 6. The first-order valence-corrected chi connectivity index (χ1v) is 11.0. The molecule has 0 bridgehead atoms. The van der Waals surface area contributed by atoms with Crippen LogP contribution in [0.2, 0.25) is 5.02 Å². The van der Waals surface area contributed by atoms with Crippen molar-refractivity contribution in [3.05, 3.63) is 63.9 Å². The van der Waals surface area contributed by atoms with Gasteiger partial charge in [0.05, 0.1) is 29.9 Å². The number of ether oxygens (including phenoxy) is 2. The lowest BCUT2D eigenvalue weighted by Crippen LogP contribution is -2.36. The van der Waals surface area contributed by atoms with Crippen molar-refractivity contribution in [2.24, 2.45) is 5.73 Å². The molecule has 0 saturated carbocycles. The Hall–Kier alpha value is -3.30. The van der Waals surface area contributed by atoms with Gasteiger partial charge in [0.1, 0.15) is 22.6 Å². The van der Waals surface area contributed by atoms with Gasteiger partial charge in [0.25, 0.3) is 5.91 Å². The monoisotopic (exact) mass is 472 g/mol. The number of primary amides is 1. The number of fused-ring (bicyclic) bond motifs is 1. The molecule has 1 aliphatic heterocycles. The highest BCUT2D eigenvalue weighted by Gasteiger charge is 2.24. The molecule has 3 aromatic rings. The van der Waals surface area contributed by atoms with Crippen LogP contribution in [-0.4, -0.2) is 34.7 Å². The molecule has 4 rings (SSSR count). The number of imidazole rings is 1. The molecular weight excluding hydrogens is 452 g/mol. The first-order chi connectivity index (χ1) is 15.4. The van der Waals surface area contributed by atoms with Gasteiger partial charge in [-0.15, -0.1) is 11.3 Å². The van der Waals surface area contributed by atoms with Crippen LogP contribution in [0.15, 0.2) is 42.6 Å². The third-order valence-electron chi connectivity index (χ3n) is 5.05. The van der Waals surface area contributed by atoms with E-state index in [1.54, 1.807) is 18.3 Å². The van der Waals surface area contributed by atoms with Gasteiger partial charge in [0.15, 0.2) is 0 Å². The van der Waals surface area contributed by atoms with E-state index in [1.165, 1.54) is 18.4 Å². The summed E-state index contributed by atoms with van der Waals surface area (Å²) < 4.78 is 12.6. The molecule has 3 N–H and O–H groups in total. The van der Waals surface area contributed by atoms with E-state index in [0.717, 1.165) is 22.0 Å². The number of carbonyl (C=O) groups excluding carboxylic acids is 2. The van der Waals surface area contributed by atoms with Crippen molar-refractivity contribution in [1.29, 1.82) is 0 Å². The lowest BCUT2D eigenvalue weighted by atomic mass is 10.1. The van der Waals surface area contributed by atoms with Gasteiger partial charge in [0.2, 0.25) is 0 Å². The second-order valence-electron chi connectivity index (χ2n) is 7.17. The largest absolute Gasteiger partial charge is 0.484 e. The molecule has 2 atom stereocenters. The fourth-order valence-corrected chi connectivity index (χ4v) is 4.72. The zero-order valence-electron chi connectivity index (χ0n) is 17.4. The fourth-order valence-electron chi connectivity index (χ4n) is 3.48. The van der Waals surface area contributed by atoms with Crippen molar-refractivity contribution in [3.63, 3.8) is 0 Å². The van der Waals surface area contributed by atoms with E-state index >= 15 is 0 Å². The maximum Gasteiger partial charge on any atom is 0.407 e. The Kier molecular flexibility index (Phi) is 6.20. The second-order valence-corrected chi connectivity index (χ2v) is 8.63. The second kappa shape index (κ2) is 9.05. The van der Waals surface area contributed by atoms with Gasteiger partial charge >= 0.3 is 6.09 Å². The van der Waals surface area contributed by atoms with E-state index in [1.807, 2.05) is 42.0 Å². The highest BCUT2D eigenvalue weighted by atomic mass is 35.5. The van der Waals surface area contributed by atoms with E-state index in [-0.39, 0.29) is 12.1 Å². The standard InChI is InChI=1S/C22H21ClN4O4S/c1-12(14-5-3-4-6-15(14)23)31-17-10-18(32-20(17)21(24)28)16-11-25-19-9-13(7-8-27(16)19)26-22(29)30-2/h3-8,10-13H,9H2,1-2H3,(H2,24,28)(H,26,29)/t12-,13?/m0/s1. The predicted octanol–water partition coefficient (Wildman–Crippen LogP) is 4.26. The number of benzene rings is 1. The quantitative estimate of drug-likeness (QED) is 0.557. The summed E-state index contributed by atoms with van der Waals surface area (Å²) in [5.41, 5.74) is 7.22. The Labute approximate surface area is 193 Å². The summed E-state index contributed by atoms with van der Waals surface area (Å²) in [6.07, 6.45) is 5.03. The molecule has 32 heavy (non-hydrogen) atoms. The van der Waals surface area contributed by atoms with Crippen LogP contribution in [0.4, 0.5) is 4.79 Å². The highest BCUT2D eigenvalue weighted by molar-refractivity contribution is 7.17. The smallest absolute Gasteiger partial charge is 0.407 e. The molecule has 1 unspecified atom stereocenters. The Balaban J connectivity index is 1.61. The molecule has 0 saturated heterocycles. The number of alkyl carbamates (subject to hydrolysis) is 1. The molecule has 166 valence electrons. The number of nitrogens with zero attached hydrogens (tertiary/aromatic N) is 2. The Morgan fingerprint density at radius 1 is 1.38 bits per heavy atom. The Morgan fingerprint density at radius 3 is 2.88 bits per heavy atom. The van der Waals surface area contributed by atoms with Crippen LogP contribution in [0.5, 0.6) is 5.75 Å². The summed E-state index contributed by atoms with van der Waals surface area (Å²) in [6.45, 7) is 1.86. The van der Waals surface area contributed by atoms with Crippen LogP contribution in [-0.2, 0) is 11.2 Å². The molecule has 1 aromatic carbocycles. The predicted molar refractivity (Wildman–Crippen MR) is 123 cm³/mol. The lowest BCUT2D eigenvalue weighted by molar-refractivity contribution is 0.0998. The fraction of sp³-hybridized carbons (Fsp3) is 0.227. The number of nitrogens with one attached hydrogen (secondary N) is 1. The third-order valence-corrected chi connectivity index (χ3v) is 6.55. The third kappa shape index (κ3) is 4.35. The number of amides is 2. The summed E-state index contributed by atoms with van der Waals surface area (Å²) in [4.78, 5) is 29.1. The van der Waals surface area contributed by atoms with E-state index < -0.39 is 12.0 Å². The first kappa shape index (κ1) is 21.9. The maximum atomic E-state index is 12.1. The van der Waals surface area contributed by atoms with Gasteiger partial charge in [-0.1, -0.05) is 29.8 Å². The minimum atomic E-state index is -0.570. The SMILES string of the molecule is COC(=O)NC1C=Cn2c(-c3cc(O[C@@H](C)c4ccccc4Cl)c(C(N)=O)s3)cnc2C1. The number of thiophene rings is 1. The molecule has 0 radical (unpaired) electrons. The van der Waals surface area contributed by atoms with E-state index in [4.69, 9.17) is 22.1 Å². The number of nitrogens with two attached hydrogens (primary N) is 1. The van der Waals surface area contributed by atoms with Gasteiger partial charge < -0.3 is 25.1 Å². The van der Waals surface area contributed by atoms with E-state index in [0.29, 0.717) is 22.1 Å². The molecule has 2 aromatic heterocycles. The average Bonchev–Trinajstić information content (AvgIpc) is 3.37. The normalized spacial score (nSPS) is 15.7. The minimum Gasteiger partial charge on any atom is -0.484 e. The van der Waals surface area contributed by atoms with Crippen molar-refractivity contribution >= 4 is 41.1 Å². The van der Waals surface area contributed by atoms with Gasteiger partial charge in [0, 0.05) is 29.3 Å². The van der Waals surface area contributed by atoms with E-state index in [2.05, 4.69) is 15.0 Å². The van der Waals surface area contributed by atoms with Crippen LogP contribution in [0.1, 0.15) is 34.1 Å². The molecule has 1 aliphatic rings. The molecule has 2 amide bonds. The topological polar surface area (TPSA) is 108 Å². The molecule has 3 heterocycles. The van der Waals surface area contributed by atoms with E-state index in [9.17, 15) is 9.59 Å². The van der Waals surface area contributed by atoms with Gasteiger partial charge in [-0.05, 0) is 19.1 Å². The van der Waals surface area contributed by atoms with Crippen LogP contribution in [0, 0.1) is 0 Å². The lowest BCUT2D eigenvalue weighted by Gasteiger charge is -2.19. The van der Waals surface area contributed by atoms with Crippen molar-refractivity contribution < 1.29 is 19.1 Å². The number of hydrogen-bond acceptors (Lipinski definition) is 6. The molecule has 10 heteroatoms. The molecule has 8 nitrogen and oxygen atoms in total. The van der Waals surface area contributed by atoms with Crippen molar-refractivity contribution in [1.82, 2.24) is 14.9 Å². The highest BCUT2D eigenvalue weighted by Crippen LogP contribution is 2.39. The van der Waals surface area contributed by atoms with Crippen molar-refractivity contribution in [2.45, 2.75) is 25.5 Å². The number of aromatic nitrogens is 2. The molecule has 0 spiro atoms. The summed E-state index contributed by atoms with van der Waals surface area (Å²) >= 11 is 7.52. The van der Waals surface area contributed by atoms with Crippen LogP contribution < -0.4 is 15.8 Å². The molecule has 0 fully saturated rings. The van der Waals surface area contributed by atoms with Gasteiger partial charge in [-0.2, -0.15) is 0 Å². The van der Waals surface area contributed by atoms with Gasteiger partial charge in [-0.25, -0.2) is 9.78 Å². The Morgan fingerprint density at radius 2 is 2.16 bits per heavy atom. The average molecular weight is 473 g/mol. The van der Waals surface area contributed by atoms with Crippen LogP contribution in [0.25, 0.3) is 16.8 Å². The van der Waals surface area contributed by atoms with Crippen molar-refractivity contribution in [3.8, 4) is 16.3 Å². The minimum absolute atomic E-state index is 0.218. The summed E-state index contributed by atoms with van der Waals surface area (Å²) in [7, 11) is 1.32. The number of halogens is 1. The summed E-state index contributed by atoms with van der Waals surface area (Å²) in [5, 5.41) is 3.32. The number of hydrogen-bond donors (Lipinski definition) is 2. The first-order valence-electron chi connectivity index (χ1n) is 9.81. The van der Waals surface area contributed by atoms with Gasteiger partial charge in [-0.3, -0.25) is 4.79 Å². The maximum absolute atomic E-state index is 12.1. The Bertz CT molecular complexity index is 1200. The summed E-state index contributed by atoms with van der Waals surface area (Å²) in [5.74, 6) is 0.592. The number of methoxy groups -OCH3 is 1. The zero-order chi connectivity index (χ0) is 22.8. The molecule has 0 aliphatic carbocycles. The summed E-state index contributed by atoms with van der Waals surface area (Å²) in [6, 6.07) is 8.96. The number of carbonyl (C=O) groups is 2. The molecular formula is C22H21ClN4O4S. The zero-order valence-corrected chi connectivity index (χ0v) is 18.9. The van der Waals surface area contributed by atoms with Crippen molar-refractivity contribution in [2.75, 3.05) is 7.11 Å².